The van der Waals surface area contributed by atoms with Gasteiger partial charge in [-0.05, 0) is 62.3 Å². The molecule has 1 aliphatic carbocycles. The second kappa shape index (κ2) is 7.75. The number of aromatic nitrogens is 2. The van der Waals surface area contributed by atoms with Crippen molar-refractivity contribution in [2.45, 2.75) is 44.6 Å². The Hall–Kier alpha value is -2.67. The number of amides is 1. The van der Waals surface area contributed by atoms with Crippen molar-refractivity contribution in [3.63, 3.8) is 0 Å². The van der Waals surface area contributed by atoms with Gasteiger partial charge in [-0.3, -0.25) is 9.89 Å². The average Bonchev–Trinajstić information content (AvgIpc) is 3.29. The number of rotatable bonds is 5. The van der Waals surface area contributed by atoms with Gasteiger partial charge in [-0.25, -0.2) is 4.39 Å². The summed E-state index contributed by atoms with van der Waals surface area (Å²) in [5.74, 6) is -0.153. The van der Waals surface area contributed by atoms with Crippen molar-refractivity contribution in [1.82, 2.24) is 10.2 Å². The van der Waals surface area contributed by atoms with Gasteiger partial charge in [-0.15, -0.1) is 11.3 Å². The highest BCUT2D eigenvalue weighted by Crippen LogP contribution is 2.38. The Bertz CT molecular complexity index is 971. The summed E-state index contributed by atoms with van der Waals surface area (Å²) < 4.78 is 13.1. The lowest BCUT2D eigenvalue weighted by molar-refractivity contribution is 0.100. The third-order valence-electron chi connectivity index (χ3n) is 5.48. The fourth-order valence-electron chi connectivity index (χ4n) is 3.94. The molecule has 4 rings (SSSR count). The number of thiophene rings is 1. The molecule has 2 heterocycles. The van der Waals surface area contributed by atoms with Crippen LogP contribution in [0.4, 0.5) is 10.1 Å². The van der Waals surface area contributed by atoms with Gasteiger partial charge in [0.05, 0.1) is 11.9 Å². The van der Waals surface area contributed by atoms with Crippen molar-refractivity contribution < 1.29 is 9.18 Å². The second-order valence-corrected chi connectivity index (χ2v) is 8.42. The van der Waals surface area contributed by atoms with Gasteiger partial charge in [-0.2, -0.15) is 5.10 Å². The van der Waals surface area contributed by atoms with Crippen LogP contribution < -0.4 is 11.1 Å². The van der Waals surface area contributed by atoms with Crippen molar-refractivity contribution in [2.75, 3.05) is 5.32 Å². The average molecular weight is 399 g/mol. The van der Waals surface area contributed by atoms with E-state index in [4.69, 9.17) is 5.73 Å². The molecule has 1 saturated carbocycles. The molecule has 0 spiro atoms. The number of carbonyl (C=O) groups is 1. The molecule has 1 fully saturated rings. The first kappa shape index (κ1) is 18.7. The molecule has 1 aromatic carbocycles. The molecule has 0 unspecified atom stereocenters. The summed E-state index contributed by atoms with van der Waals surface area (Å²) in [7, 11) is 0. The summed E-state index contributed by atoms with van der Waals surface area (Å²) in [6.07, 6.45) is 5.83. The third-order valence-corrected chi connectivity index (χ3v) is 6.66. The normalized spacial score (nSPS) is 19.5. The van der Waals surface area contributed by atoms with Crippen LogP contribution in [-0.2, 0) is 0 Å². The summed E-state index contributed by atoms with van der Waals surface area (Å²) >= 11 is 1.39. The number of nitrogens with one attached hydrogen (secondary N) is 2. The fourth-order valence-corrected chi connectivity index (χ4v) is 4.98. The highest BCUT2D eigenvalue weighted by molar-refractivity contribution is 7.18. The summed E-state index contributed by atoms with van der Waals surface area (Å²) in [4.78, 5) is 13.5. The van der Waals surface area contributed by atoms with Gasteiger partial charge < -0.3 is 11.1 Å². The number of hydrogen-bond donors (Lipinski definition) is 3. The van der Waals surface area contributed by atoms with Gasteiger partial charge >= 0.3 is 0 Å². The molecule has 146 valence electrons. The maximum atomic E-state index is 13.1. The number of nitrogens with two attached hydrogens (primary N) is 1. The summed E-state index contributed by atoms with van der Waals surface area (Å²) in [6, 6.07) is 9.12. The topological polar surface area (TPSA) is 83.8 Å². The largest absolute Gasteiger partial charge is 0.381 e. The predicted molar refractivity (Wildman–Crippen MR) is 110 cm³/mol. The van der Waals surface area contributed by atoms with E-state index >= 15 is 0 Å². The Morgan fingerprint density at radius 3 is 2.57 bits per heavy atom. The molecule has 0 aliphatic heterocycles. The smallest absolute Gasteiger partial charge is 0.260 e. The molecule has 0 atom stereocenters. The van der Waals surface area contributed by atoms with Crippen molar-refractivity contribution in [1.29, 1.82) is 0 Å². The standard InChI is InChI=1S/C21H23FN4OS/c1-12-17(11-24-26-12)19-10-18(20(28-19)21(23)27)25-16-8-4-14(5-9-16)13-2-6-15(22)7-3-13/h2-3,6-7,10-11,14,16,25H,4-5,8-9H2,1H3,(H2,23,27)(H,24,26). The second-order valence-electron chi connectivity index (χ2n) is 7.37. The summed E-state index contributed by atoms with van der Waals surface area (Å²) in [6.45, 7) is 1.95. The number of primary amides is 1. The van der Waals surface area contributed by atoms with Gasteiger partial charge in [0.2, 0.25) is 0 Å². The third kappa shape index (κ3) is 3.80. The summed E-state index contributed by atoms with van der Waals surface area (Å²) in [5.41, 5.74) is 9.56. The van der Waals surface area contributed by atoms with E-state index in [2.05, 4.69) is 15.5 Å². The zero-order chi connectivity index (χ0) is 19.7. The van der Waals surface area contributed by atoms with E-state index in [-0.39, 0.29) is 5.82 Å². The molecule has 5 nitrogen and oxygen atoms in total. The number of anilines is 1. The van der Waals surface area contributed by atoms with Crippen LogP contribution in [0.1, 0.15) is 52.5 Å². The quantitative estimate of drug-likeness (QED) is 0.576. The van der Waals surface area contributed by atoms with Gasteiger partial charge in [0.1, 0.15) is 10.7 Å². The first-order valence-electron chi connectivity index (χ1n) is 9.47. The van der Waals surface area contributed by atoms with Crippen molar-refractivity contribution in [3.05, 3.63) is 58.5 Å². The molecule has 0 radical (unpaired) electrons. The first-order chi connectivity index (χ1) is 13.5. The first-order valence-corrected chi connectivity index (χ1v) is 10.3. The van der Waals surface area contributed by atoms with Crippen LogP contribution in [0.15, 0.2) is 36.5 Å². The lowest BCUT2D eigenvalue weighted by Gasteiger charge is -2.30. The highest BCUT2D eigenvalue weighted by Gasteiger charge is 2.25. The molecule has 28 heavy (non-hydrogen) atoms. The Morgan fingerprint density at radius 2 is 1.96 bits per heavy atom. The number of benzene rings is 1. The number of carbonyl (C=O) groups excluding carboxylic acids is 1. The van der Waals surface area contributed by atoms with Crippen LogP contribution in [-0.4, -0.2) is 22.1 Å². The molecule has 1 aliphatic rings. The SMILES string of the molecule is Cc1[nH]ncc1-c1cc(NC2CCC(c3ccc(F)cc3)CC2)c(C(N)=O)s1. The van der Waals surface area contributed by atoms with Gasteiger partial charge in [0, 0.05) is 22.2 Å². The monoisotopic (exact) mass is 398 g/mol. The maximum Gasteiger partial charge on any atom is 0.260 e. The van der Waals surface area contributed by atoms with Crippen LogP contribution in [0, 0.1) is 12.7 Å². The molecule has 0 bridgehead atoms. The molecule has 1 amide bonds. The zero-order valence-corrected chi connectivity index (χ0v) is 16.5. The number of hydrogen-bond acceptors (Lipinski definition) is 4. The number of halogens is 1. The van der Waals surface area contributed by atoms with E-state index in [0.29, 0.717) is 16.8 Å². The minimum absolute atomic E-state index is 0.195. The van der Waals surface area contributed by atoms with Crippen LogP contribution in [0.5, 0.6) is 0 Å². The predicted octanol–water partition coefficient (Wildman–Crippen LogP) is 4.82. The molecular weight excluding hydrogens is 375 g/mol. The van der Waals surface area contributed by atoms with Gasteiger partial charge in [0.25, 0.3) is 5.91 Å². The number of aromatic amines is 1. The zero-order valence-electron chi connectivity index (χ0n) is 15.7. The number of H-pyrrole nitrogens is 1. The van der Waals surface area contributed by atoms with E-state index < -0.39 is 5.91 Å². The molecule has 3 aromatic rings. The number of aryl methyl sites for hydroxylation is 1. The fraction of sp³-hybridized carbons (Fsp3) is 0.333. The Labute approximate surface area is 167 Å². The van der Waals surface area contributed by atoms with Crippen molar-refractivity contribution in [2.24, 2.45) is 5.73 Å². The minimum Gasteiger partial charge on any atom is -0.381 e. The van der Waals surface area contributed by atoms with E-state index in [0.717, 1.165) is 47.5 Å². The molecule has 0 saturated heterocycles. The lowest BCUT2D eigenvalue weighted by atomic mass is 9.81. The van der Waals surface area contributed by atoms with E-state index in [9.17, 15) is 9.18 Å². The van der Waals surface area contributed by atoms with Crippen LogP contribution >= 0.6 is 11.3 Å². The van der Waals surface area contributed by atoms with Crippen LogP contribution in [0.25, 0.3) is 10.4 Å². The number of nitrogens with zero attached hydrogens (tertiary/aromatic N) is 1. The summed E-state index contributed by atoms with van der Waals surface area (Å²) in [5, 5.41) is 10.5. The Morgan fingerprint density at radius 1 is 1.25 bits per heavy atom. The van der Waals surface area contributed by atoms with E-state index in [1.54, 1.807) is 6.20 Å². The Kier molecular flexibility index (Phi) is 5.17. The lowest BCUT2D eigenvalue weighted by Crippen LogP contribution is -2.26. The molecular formula is C21H23FN4OS. The van der Waals surface area contributed by atoms with Crippen LogP contribution in [0.2, 0.25) is 0 Å². The molecule has 7 heteroatoms. The van der Waals surface area contributed by atoms with Gasteiger partial charge in [0.15, 0.2) is 0 Å². The van der Waals surface area contributed by atoms with E-state index in [1.165, 1.54) is 29.0 Å². The highest BCUT2D eigenvalue weighted by atomic mass is 32.1. The van der Waals surface area contributed by atoms with Crippen molar-refractivity contribution in [3.8, 4) is 10.4 Å². The maximum absolute atomic E-state index is 13.1. The molecule has 4 N–H and O–H groups in total. The molecule has 2 aromatic heterocycles. The van der Waals surface area contributed by atoms with Crippen LogP contribution in [0.3, 0.4) is 0 Å². The van der Waals surface area contributed by atoms with E-state index in [1.807, 2.05) is 25.1 Å². The van der Waals surface area contributed by atoms with Gasteiger partial charge in [-0.1, -0.05) is 12.1 Å². The van der Waals surface area contributed by atoms with Crippen molar-refractivity contribution >= 4 is 22.9 Å². The Balaban J connectivity index is 1.46. The minimum atomic E-state index is -0.417.